The second-order valence-electron chi connectivity index (χ2n) is 6.26. The summed E-state index contributed by atoms with van der Waals surface area (Å²) in [5.41, 5.74) is 2.36. The number of anilines is 1. The fraction of sp³-hybridized carbons (Fsp3) is 0.190. The molecule has 0 spiro atoms. The fourth-order valence-electron chi connectivity index (χ4n) is 2.98. The van der Waals surface area contributed by atoms with Crippen molar-refractivity contribution in [2.45, 2.75) is 18.6 Å². The first-order chi connectivity index (χ1) is 13.5. The first-order valence-corrected chi connectivity index (χ1v) is 9.51. The summed E-state index contributed by atoms with van der Waals surface area (Å²) in [4.78, 5) is 26.7. The Morgan fingerprint density at radius 3 is 2.54 bits per heavy atom. The average Bonchev–Trinajstić information content (AvgIpc) is 3.01. The number of carbonyl (C=O) groups excluding carboxylic acids is 2. The maximum atomic E-state index is 13.3. The molecule has 2 amide bonds. The Labute approximate surface area is 166 Å². The van der Waals surface area contributed by atoms with E-state index in [0.717, 1.165) is 11.1 Å². The molecule has 0 radical (unpaired) electrons. The number of benzene rings is 2. The highest BCUT2D eigenvalue weighted by Gasteiger charge is 2.40. The van der Waals surface area contributed by atoms with Crippen molar-refractivity contribution in [1.29, 1.82) is 5.26 Å². The Morgan fingerprint density at radius 1 is 1.25 bits per heavy atom. The van der Waals surface area contributed by atoms with Gasteiger partial charge in [0.15, 0.2) is 0 Å². The summed E-state index contributed by atoms with van der Waals surface area (Å²) in [6.45, 7) is 1.97. The predicted octanol–water partition coefficient (Wildman–Crippen LogP) is 3.31. The molecule has 28 heavy (non-hydrogen) atoms. The van der Waals surface area contributed by atoms with Crippen LogP contribution in [0.25, 0.3) is 0 Å². The van der Waals surface area contributed by atoms with Gasteiger partial charge in [0.2, 0.25) is 5.91 Å². The number of halogens is 1. The number of nitrogens with one attached hydrogen (secondary N) is 1. The number of likely N-dealkylation sites (N-methyl/N-ethyl adjacent to an activating group) is 1. The molecule has 2 aromatic carbocycles. The normalized spacial score (nSPS) is 18.0. The van der Waals surface area contributed by atoms with Gasteiger partial charge >= 0.3 is 0 Å². The second kappa shape index (κ2) is 8.28. The number of thioether (sulfide) groups is 1. The van der Waals surface area contributed by atoms with Crippen LogP contribution < -0.4 is 10.2 Å². The van der Waals surface area contributed by atoms with Gasteiger partial charge in [0.05, 0.1) is 5.25 Å². The minimum atomic E-state index is -0.568. The van der Waals surface area contributed by atoms with Gasteiger partial charge in [-0.25, -0.2) is 4.39 Å². The van der Waals surface area contributed by atoms with E-state index in [1.54, 1.807) is 0 Å². The number of nitriles is 1. The summed E-state index contributed by atoms with van der Waals surface area (Å²) in [5.74, 6) is -1.25. The highest BCUT2D eigenvalue weighted by Crippen LogP contribution is 2.42. The quantitative estimate of drug-likeness (QED) is 0.637. The third kappa shape index (κ3) is 3.78. The summed E-state index contributed by atoms with van der Waals surface area (Å²) in [6, 6.07) is 15.1. The van der Waals surface area contributed by atoms with E-state index in [9.17, 15) is 19.2 Å². The van der Waals surface area contributed by atoms with E-state index in [1.165, 1.54) is 48.0 Å². The summed E-state index contributed by atoms with van der Waals surface area (Å²) in [5, 5.41) is 11.7. The van der Waals surface area contributed by atoms with E-state index >= 15 is 0 Å². The molecule has 1 aliphatic rings. The van der Waals surface area contributed by atoms with Gasteiger partial charge in [-0.2, -0.15) is 5.26 Å². The van der Waals surface area contributed by atoms with Crippen molar-refractivity contribution < 1.29 is 14.0 Å². The van der Waals surface area contributed by atoms with Crippen molar-refractivity contribution >= 4 is 29.3 Å². The minimum Gasteiger partial charge on any atom is -0.354 e. The molecule has 1 saturated heterocycles. The molecule has 0 saturated carbocycles. The SMILES string of the molecule is CNC(=O)/C(C#N)=C1/S[C@@H](Cc2ccccc2C)C(=O)N1c1ccc(F)cc1. The van der Waals surface area contributed by atoms with Crippen molar-refractivity contribution in [1.82, 2.24) is 5.32 Å². The van der Waals surface area contributed by atoms with Crippen LogP contribution in [0.15, 0.2) is 59.1 Å². The number of hydrogen-bond acceptors (Lipinski definition) is 4. The predicted molar refractivity (Wildman–Crippen MR) is 107 cm³/mol. The van der Waals surface area contributed by atoms with Crippen molar-refractivity contribution in [2.24, 2.45) is 0 Å². The fourth-order valence-corrected chi connectivity index (χ4v) is 4.27. The molecule has 1 aliphatic heterocycles. The molecule has 1 heterocycles. The third-order valence-corrected chi connectivity index (χ3v) is 5.75. The number of nitrogens with zero attached hydrogens (tertiary/aromatic N) is 2. The molecular weight excluding hydrogens is 377 g/mol. The summed E-state index contributed by atoms with van der Waals surface area (Å²) in [6.07, 6.45) is 0.462. The number of rotatable bonds is 4. The lowest BCUT2D eigenvalue weighted by molar-refractivity contribution is -0.117. The molecule has 142 valence electrons. The Morgan fingerprint density at radius 2 is 1.93 bits per heavy atom. The van der Waals surface area contributed by atoms with E-state index in [4.69, 9.17) is 0 Å². The standard InChI is InChI=1S/C21H18FN3O2S/c1-13-5-3-4-6-14(13)11-18-20(27)25(16-9-7-15(22)8-10-16)21(28-18)17(12-23)19(26)24-2/h3-10,18H,11H2,1-2H3,(H,24,26)/b21-17+/t18-/m0/s1. The molecule has 1 atom stereocenters. The zero-order valence-electron chi connectivity index (χ0n) is 15.4. The van der Waals surface area contributed by atoms with E-state index in [0.29, 0.717) is 12.1 Å². The van der Waals surface area contributed by atoms with Crippen LogP contribution in [-0.2, 0) is 16.0 Å². The summed E-state index contributed by atoms with van der Waals surface area (Å²) in [7, 11) is 1.43. The Balaban J connectivity index is 2.06. The monoisotopic (exact) mass is 395 g/mol. The van der Waals surface area contributed by atoms with Gasteiger partial charge in [0.1, 0.15) is 22.5 Å². The van der Waals surface area contributed by atoms with Crippen molar-refractivity contribution in [2.75, 3.05) is 11.9 Å². The first kappa shape index (κ1) is 19.6. The average molecular weight is 395 g/mol. The lowest BCUT2D eigenvalue weighted by Crippen LogP contribution is -2.31. The topological polar surface area (TPSA) is 73.2 Å². The molecular formula is C21H18FN3O2S. The van der Waals surface area contributed by atoms with Gasteiger partial charge in [-0.3, -0.25) is 14.5 Å². The lowest BCUT2D eigenvalue weighted by Gasteiger charge is -2.18. The van der Waals surface area contributed by atoms with E-state index in [1.807, 2.05) is 37.3 Å². The molecule has 5 nitrogen and oxygen atoms in total. The van der Waals surface area contributed by atoms with Gasteiger partial charge in [-0.15, -0.1) is 0 Å². The molecule has 0 unspecified atom stereocenters. The first-order valence-electron chi connectivity index (χ1n) is 8.63. The van der Waals surface area contributed by atoms with Crippen LogP contribution in [0.5, 0.6) is 0 Å². The zero-order valence-corrected chi connectivity index (χ0v) is 16.2. The summed E-state index contributed by atoms with van der Waals surface area (Å²) >= 11 is 1.18. The molecule has 0 aliphatic carbocycles. The maximum absolute atomic E-state index is 13.3. The van der Waals surface area contributed by atoms with Gasteiger partial charge in [0, 0.05) is 12.7 Å². The van der Waals surface area contributed by atoms with Crippen LogP contribution in [0.3, 0.4) is 0 Å². The molecule has 2 aromatic rings. The van der Waals surface area contributed by atoms with E-state index < -0.39 is 17.0 Å². The van der Waals surface area contributed by atoms with Crippen LogP contribution in [0.2, 0.25) is 0 Å². The van der Waals surface area contributed by atoms with Crippen molar-refractivity contribution in [3.63, 3.8) is 0 Å². The Hall–Kier alpha value is -3.11. The van der Waals surface area contributed by atoms with E-state index in [2.05, 4.69) is 5.32 Å². The van der Waals surface area contributed by atoms with Crippen LogP contribution in [0, 0.1) is 24.1 Å². The molecule has 7 heteroatoms. The van der Waals surface area contributed by atoms with Crippen LogP contribution in [-0.4, -0.2) is 24.1 Å². The second-order valence-corrected chi connectivity index (χ2v) is 7.45. The minimum absolute atomic E-state index is 0.141. The van der Waals surface area contributed by atoms with Crippen molar-refractivity contribution in [3.05, 3.63) is 76.1 Å². The largest absolute Gasteiger partial charge is 0.354 e. The summed E-state index contributed by atoms with van der Waals surface area (Å²) < 4.78 is 13.3. The number of hydrogen-bond donors (Lipinski definition) is 1. The molecule has 1 N–H and O–H groups in total. The third-order valence-electron chi connectivity index (χ3n) is 4.48. The molecule has 1 fully saturated rings. The Bertz CT molecular complexity index is 995. The molecule has 0 aromatic heterocycles. The van der Waals surface area contributed by atoms with Crippen molar-refractivity contribution in [3.8, 4) is 6.07 Å². The Kier molecular flexibility index (Phi) is 5.81. The van der Waals surface area contributed by atoms with Crippen LogP contribution in [0.4, 0.5) is 10.1 Å². The van der Waals surface area contributed by atoms with Gasteiger partial charge in [-0.05, 0) is 48.7 Å². The van der Waals surface area contributed by atoms with Gasteiger partial charge < -0.3 is 5.32 Å². The zero-order chi connectivity index (χ0) is 20.3. The van der Waals surface area contributed by atoms with Crippen LogP contribution in [0.1, 0.15) is 11.1 Å². The molecule has 0 bridgehead atoms. The lowest BCUT2D eigenvalue weighted by atomic mass is 10.0. The smallest absolute Gasteiger partial charge is 0.264 e. The van der Waals surface area contributed by atoms with E-state index in [-0.39, 0.29) is 16.5 Å². The van der Waals surface area contributed by atoms with Gasteiger partial charge in [-0.1, -0.05) is 36.0 Å². The number of aryl methyl sites for hydroxylation is 1. The maximum Gasteiger partial charge on any atom is 0.264 e. The van der Waals surface area contributed by atoms with Gasteiger partial charge in [0.25, 0.3) is 5.91 Å². The highest BCUT2D eigenvalue weighted by atomic mass is 32.2. The highest BCUT2D eigenvalue weighted by molar-refractivity contribution is 8.05. The van der Waals surface area contributed by atoms with Crippen LogP contribution >= 0.6 is 11.8 Å². The number of amides is 2. The number of carbonyl (C=O) groups is 2. The molecule has 3 rings (SSSR count).